The molecular weight excluding hydrogens is 350 g/mol. The monoisotopic (exact) mass is 363 g/mol. The van der Waals surface area contributed by atoms with Crippen LogP contribution in [0.25, 0.3) is 17.3 Å². The molecule has 0 aliphatic rings. The van der Waals surface area contributed by atoms with E-state index >= 15 is 0 Å². The number of carbonyl (C=O) groups is 1. The molecule has 0 bridgehead atoms. The molecule has 2 N–H and O–H groups in total. The fourth-order valence-electron chi connectivity index (χ4n) is 2.33. The molecule has 26 heavy (non-hydrogen) atoms. The van der Waals surface area contributed by atoms with E-state index in [2.05, 4.69) is 20.5 Å². The fraction of sp³-hybridized carbons (Fsp3) is 0.0526. The Morgan fingerprint density at radius 2 is 1.96 bits per heavy atom. The zero-order chi connectivity index (χ0) is 18.4. The van der Waals surface area contributed by atoms with E-state index in [1.807, 2.05) is 18.2 Å². The summed E-state index contributed by atoms with van der Waals surface area (Å²) in [6.07, 6.45) is 6.37. The fourth-order valence-corrected chi connectivity index (χ4v) is 2.46. The lowest BCUT2D eigenvalue weighted by Crippen LogP contribution is -2.23. The van der Waals surface area contributed by atoms with Crippen molar-refractivity contribution in [1.29, 1.82) is 5.26 Å². The molecule has 0 saturated carbocycles. The second-order valence-electron chi connectivity index (χ2n) is 5.42. The summed E-state index contributed by atoms with van der Waals surface area (Å²) in [5.41, 5.74) is 3.10. The highest BCUT2D eigenvalue weighted by molar-refractivity contribution is 6.30. The van der Waals surface area contributed by atoms with Crippen molar-refractivity contribution in [3.05, 3.63) is 76.7 Å². The minimum atomic E-state index is -0.451. The van der Waals surface area contributed by atoms with Gasteiger partial charge in [0.25, 0.3) is 5.91 Å². The first-order chi connectivity index (χ1) is 12.7. The molecule has 3 rings (SSSR count). The molecule has 0 aliphatic heterocycles. The molecule has 2 heterocycles. The van der Waals surface area contributed by atoms with Gasteiger partial charge in [0.1, 0.15) is 11.6 Å². The molecule has 128 valence electrons. The van der Waals surface area contributed by atoms with Gasteiger partial charge in [-0.05, 0) is 35.9 Å². The smallest absolute Gasteiger partial charge is 0.262 e. The van der Waals surface area contributed by atoms with Gasteiger partial charge >= 0.3 is 0 Å². The van der Waals surface area contributed by atoms with Crippen LogP contribution in [0.1, 0.15) is 11.1 Å². The van der Waals surface area contributed by atoms with E-state index < -0.39 is 5.91 Å². The highest BCUT2D eigenvalue weighted by atomic mass is 35.5. The number of benzene rings is 1. The number of hydrogen-bond acceptors (Lipinski definition) is 4. The van der Waals surface area contributed by atoms with Crippen LogP contribution in [0.3, 0.4) is 0 Å². The van der Waals surface area contributed by atoms with Crippen LogP contribution in [0.15, 0.2) is 60.6 Å². The van der Waals surface area contributed by atoms with Gasteiger partial charge in [0.2, 0.25) is 0 Å². The average molecular weight is 364 g/mol. The number of rotatable bonds is 5. The topological polar surface area (TPSA) is 94.5 Å². The van der Waals surface area contributed by atoms with Crippen LogP contribution in [0.5, 0.6) is 0 Å². The largest absolute Gasteiger partial charge is 0.347 e. The van der Waals surface area contributed by atoms with E-state index in [4.69, 9.17) is 11.6 Å². The van der Waals surface area contributed by atoms with Gasteiger partial charge in [-0.2, -0.15) is 10.4 Å². The van der Waals surface area contributed by atoms with Crippen molar-refractivity contribution in [2.75, 3.05) is 0 Å². The second-order valence-corrected chi connectivity index (χ2v) is 5.85. The van der Waals surface area contributed by atoms with Crippen molar-refractivity contribution >= 4 is 23.6 Å². The van der Waals surface area contributed by atoms with Gasteiger partial charge in [-0.15, -0.1) is 0 Å². The summed E-state index contributed by atoms with van der Waals surface area (Å²) in [7, 11) is 0. The molecule has 7 heteroatoms. The first-order valence-corrected chi connectivity index (χ1v) is 8.13. The number of aromatic nitrogens is 3. The third-order valence-corrected chi connectivity index (χ3v) is 3.92. The third kappa shape index (κ3) is 4.15. The van der Waals surface area contributed by atoms with E-state index in [0.29, 0.717) is 22.8 Å². The van der Waals surface area contributed by atoms with Crippen LogP contribution >= 0.6 is 11.6 Å². The van der Waals surface area contributed by atoms with Gasteiger partial charge < -0.3 is 5.32 Å². The lowest BCUT2D eigenvalue weighted by Gasteiger charge is -2.04. The first kappa shape index (κ1) is 17.4. The number of aromatic amines is 1. The van der Waals surface area contributed by atoms with Gasteiger partial charge in [-0.25, -0.2) is 0 Å². The van der Waals surface area contributed by atoms with Gasteiger partial charge in [0, 0.05) is 35.1 Å². The molecule has 1 amide bonds. The van der Waals surface area contributed by atoms with Gasteiger partial charge in [-0.1, -0.05) is 23.7 Å². The number of H-pyrrole nitrogens is 1. The Kier molecular flexibility index (Phi) is 5.42. The van der Waals surface area contributed by atoms with Crippen molar-refractivity contribution < 1.29 is 4.79 Å². The molecular formula is C19H14ClN5O. The Balaban J connectivity index is 1.79. The van der Waals surface area contributed by atoms with Crippen LogP contribution < -0.4 is 5.32 Å². The van der Waals surface area contributed by atoms with Crippen molar-refractivity contribution in [3.63, 3.8) is 0 Å². The summed E-state index contributed by atoms with van der Waals surface area (Å²) in [6, 6.07) is 12.7. The van der Waals surface area contributed by atoms with Crippen LogP contribution in [0.4, 0.5) is 0 Å². The Morgan fingerprint density at radius 3 is 2.65 bits per heavy atom. The number of halogens is 1. The Hall–Kier alpha value is -3.43. The second kappa shape index (κ2) is 8.10. The summed E-state index contributed by atoms with van der Waals surface area (Å²) < 4.78 is 0. The maximum absolute atomic E-state index is 12.3. The lowest BCUT2D eigenvalue weighted by molar-refractivity contribution is -0.117. The molecule has 2 aromatic heterocycles. The van der Waals surface area contributed by atoms with Crippen LogP contribution in [-0.4, -0.2) is 21.1 Å². The Labute approximate surface area is 155 Å². The van der Waals surface area contributed by atoms with Crippen molar-refractivity contribution in [1.82, 2.24) is 20.5 Å². The maximum atomic E-state index is 12.3. The molecule has 0 radical (unpaired) electrons. The molecule has 0 fully saturated rings. The highest BCUT2D eigenvalue weighted by Gasteiger charge is 2.12. The van der Waals surface area contributed by atoms with Crippen molar-refractivity contribution in [2.24, 2.45) is 0 Å². The summed E-state index contributed by atoms with van der Waals surface area (Å²) in [4.78, 5) is 16.2. The maximum Gasteiger partial charge on any atom is 0.262 e. The number of amides is 1. The molecule has 0 unspecified atom stereocenters. The standard InChI is InChI=1S/C19H14ClN5O/c20-17-3-1-14(2-4-17)18-16(12-24-25-18)9-15(10-21)19(26)23-11-13-5-7-22-8-6-13/h1-9,12H,11H2,(H,23,26)(H,24,25)/b15-9-. The van der Waals surface area contributed by atoms with Crippen LogP contribution in [0, 0.1) is 11.3 Å². The predicted molar refractivity (Wildman–Crippen MR) is 98.7 cm³/mol. The van der Waals surface area contributed by atoms with Gasteiger partial charge in [-0.3, -0.25) is 14.9 Å². The summed E-state index contributed by atoms with van der Waals surface area (Å²) in [5, 5.41) is 19.6. The third-order valence-electron chi connectivity index (χ3n) is 3.67. The van der Waals surface area contributed by atoms with E-state index in [9.17, 15) is 10.1 Å². The number of hydrogen-bond donors (Lipinski definition) is 2. The molecule has 0 atom stereocenters. The molecule has 0 saturated heterocycles. The molecule has 6 nitrogen and oxygen atoms in total. The number of pyridine rings is 1. The minimum absolute atomic E-state index is 0.00401. The zero-order valence-electron chi connectivity index (χ0n) is 13.6. The molecule has 0 aliphatic carbocycles. The number of nitrogens with zero attached hydrogens (tertiary/aromatic N) is 3. The Bertz CT molecular complexity index is 971. The normalized spacial score (nSPS) is 11.0. The van der Waals surface area contributed by atoms with Gasteiger partial charge in [0.15, 0.2) is 0 Å². The molecule has 3 aromatic rings. The SMILES string of the molecule is N#C/C(=C/c1cn[nH]c1-c1ccc(Cl)cc1)C(=O)NCc1ccncc1. The Morgan fingerprint density at radius 1 is 1.23 bits per heavy atom. The van der Waals surface area contributed by atoms with E-state index in [1.165, 1.54) is 6.08 Å². The van der Waals surface area contributed by atoms with E-state index in [1.54, 1.807) is 42.9 Å². The summed E-state index contributed by atoms with van der Waals surface area (Å²) in [6.45, 7) is 0.315. The summed E-state index contributed by atoms with van der Waals surface area (Å²) in [5.74, 6) is -0.451. The molecule has 1 aromatic carbocycles. The zero-order valence-corrected chi connectivity index (χ0v) is 14.4. The minimum Gasteiger partial charge on any atom is -0.347 e. The lowest BCUT2D eigenvalue weighted by atomic mass is 10.1. The van der Waals surface area contributed by atoms with E-state index in [0.717, 1.165) is 11.1 Å². The van der Waals surface area contributed by atoms with E-state index in [-0.39, 0.29) is 5.57 Å². The first-order valence-electron chi connectivity index (χ1n) is 7.75. The average Bonchev–Trinajstić information content (AvgIpc) is 3.14. The van der Waals surface area contributed by atoms with Crippen molar-refractivity contribution in [2.45, 2.75) is 6.54 Å². The van der Waals surface area contributed by atoms with Crippen molar-refractivity contribution in [3.8, 4) is 17.3 Å². The number of carbonyl (C=O) groups excluding carboxylic acids is 1. The van der Waals surface area contributed by atoms with Crippen LogP contribution in [-0.2, 0) is 11.3 Å². The van der Waals surface area contributed by atoms with Gasteiger partial charge in [0.05, 0.1) is 11.9 Å². The summed E-state index contributed by atoms with van der Waals surface area (Å²) >= 11 is 5.91. The highest BCUT2D eigenvalue weighted by Crippen LogP contribution is 2.24. The van der Waals surface area contributed by atoms with Crippen LogP contribution in [0.2, 0.25) is 5.02 Å². The quantitative estimate of drug-likeness (QED) is 0.537. The number of nitrogens with one attached hydrogen (secondary N) is 2. The number of nitriles is 1. The predicted octanol–water partition coefficient (Wildman–Crippen LogP) is 3.35. The molecule has 0 spiro atoms.